The zero-order chi connectivity index (χ0) is 11.5. The lowest BCUT2D eigenvalue weighted by Crippen LogP contribution is -2.39. The summed E-state index contributed by atoms with van der Waals surface area (Å²) in [7, 11) is 0. The Labute approximate surface area is 94.4 Å². The molecule has 86 valence electrons. The Morgan fingerprint density at radius 1 is 1.50 bits per heavy atom. The molecule has 0 saturated carbocycles. The molecule has 1 aromatic rings. The van der Waals surface area contributed by atoms with Crippen LogP contribution in [0.5, 0.6) is 5.75 Å². The molecule has 1 N–H and O–H groups in total. The van der Waals surface area contributed by atoms with Crippen LogP contribution in [0.4, 0.5) is 0 Å². The highest BCUT2D eigenvalue weighted by atomic mass is 16.5. The minimum absolute atomic E-state index is 0.477. The second kappa shape index (κ2) is 4.53. The summed E-state index contributed by atoms with van der Waals surface area (Å²) in [6.45, 7) is 3.51. The van der Waals surface area contributed by atoms with Gasteiger partial charge in [-0.25, -0.2) is 0 Å². The Morgan fingerprint density at radius 2 is 2.25 bits per heavy atom. The van der Waals surface area contributed by atoms with Gasteiger partial charge in [0.05, 0.1) is 0 Å². The predicted octanol–water partition coefficient (Wildman–Crippen LogP) is 1.35. The fraction of sp³-hybridized carbons (Fsp3) is 0.417. The molecule has 16 heavy (non-hydrogen) atoms. The number of aliphatic carboxylic acids is 1. The van der Waals surface area contributed by atoms with Gasteiger partial charge in [0, 0.05) is 18.7 Å². The quantitative estimate of drug-likeness (QED) is 0.819. The molecule has 0 aromatic heterocycles. The third-order valence-corrected chi connectivity index (χ3v) is 2.89. The molecule has 0 saturated heterocycles. The molecular weight excluding hydrogens is 206 g/mol. The average molecular weight is 221 g/mol. The van der Waals surface area contributed by atoms with Gasteiger partial charge >= 0.3 is 5.97 Å². The molecule has 0 fully saturated rings. The molecule has 2 rings (SSSR count). The first-order chi connectivity index (χ1) is 7.68. The summed E-state index contributed by atoms with van der Waals surface area (Å²) in [5.41, 5.74) is 1.05. The van der Waals surface area contributed by atoms with Crippen LogP contribution in [0.2, 0.25) is 0 Å². The molecule has 0 radical (unpaired) electrons. The van der Waals surface area contributed by atoms with Gasteiger partial charge in [0.1, 0.15) is 18.4 Å². The Kier molecular flexibility index (Phi) is 3.10. The number of carboxylic acid groups (broad SMARTS) is 1. The normalized spacial score (nSPS) is 18.1. The number of benzene rings is 1. The van der Waals surface area contributed by atoms with E-state index >= 15 is 0 Å². The molecule has 1 atom stereocenters. The largest absolute Gasteiger partial charge is 0.492 e. The van der Waals surface area contributed by atoms with Crippen molar-refractivity contribution in [2.24, 2.45) is 0 Å². The molecule has 0 aliphatic carbocycles. The minimum atomic E-state index is -0.792. The molecule has 1 unspecified atom stereocenters. The smallest absolute Gasteiger partial charge is 0.320 e. The highest BCUT2D eigenvalue weighted by molar-refractivity contribution is 5.72. The van der Waals surface area contributed by atoms with Crippen LogP contribution in [0.1, 0.15) is 12.5 Å². The van der Waals surface area contributed by atoms with Crippen LogP contribution >= 0.6 is 0 Å². The Morgan fingerprint density at radius 3 is 3.00 bits per heavy atom. The summed E-state index contributed by atoms with van der Waals surface area (Å²) in [5, 5.41) is 8.99. The van der Waals surface area contributed by atoms with Gasteiger partial charge < -0.3 is 9.84 Å². The van der Waals surface area contributed by atoms with Crippen molar-refractivity contribution in [3.05, 3.63) is 29.8 Å². The molecule has 0 amide bonds. The molecule has 0 spiro atoms. The van der Waals surface area contributed by atoms with E-state index < -0.39 is 12.0 Å². The molecule has 0 bridgehead atoms. The molecule has 4 heteroatoms. The second-order valence-corrected chi connectivity index (χ2v) is 3.94. The van der Waals surface area contributed by atoms with E-state index in [1.54, 1.807) is 6.92 Å². The van der Waals surface area contributed by atoms with Crippen LogP contribution in [0.15, 0.2) is 24.3 Å². The molecule has 1 aromatic carbocycles. The third kappa shape index (κ3) is 2.17. The number of fused-ring (bicyclic) bond motifs is 1. The first-order valence-electron chi connectivity index (χ1n) is 5.36. The van der Waals surface area contributed by atoms with Gasteiger partial charge in [-0.2, -0.15) is 0 Å². The summed E-state index contributed by atoms with van der Waals surface area (Å²) in [6.07, 6.45) is 0. The maximum absolute atomic E-state index is 10.9. The zero-order valence-electron chi connectivity index (χ0n) is 9.22. The van der Waals surface area contributed by atoms with Crippen LogP contribution in [-0.4, -0.2) is 35.2 Å². The first kappa shape index (κ1) is 11.0. The first-order valence-corrected chi connectivity index (χ1v) is 5.36. The van der Waals surface area contributed by atoms with Gasteiger partial charge in [-0.05, 0) is 13.0 Å². The van der Waals surface area contributed by atoms with Crippen molar-refractivity contribution >= 4 is 5.97 Å². The topological polar surface area (TPSA) is 49.8 Å². The van der Waals surface area contributed by atoms with E-state index in [-0.39, 0.29) is 0 Å². The van der Waals surface area contributed by atoms with Gasteiger partial charge in [0.25, 0.3) is 0 Å². The SMILES string of the molecule is CC(C(=O)O)N1CCOc2ccccc2C1. The van der Waals surface area contributed by atoms with Crippen LogP contribution in [0, 0.1) is 0 Å². The molecule has 1 aliphatic rings. The van der Waals surface area contributed by atoms with E-state index in [1.807, 2.05) is 29.2 Å². The van der Waals surface area contributed by atoms with E-state index in [2.05, 4.69) is 0 Å². The van der Waals surface area contributed by atoms with E-state index in [1.165, 1.54) is 0 Å². The Bertz CT molecular complexity index is 392. The van der Waals surface area contributed by atoms with Gasteiger partial charge in [-0.3, -0.25) is 9.69 Å². The molecule has 1 heterocycles. The van der Waals surface area contributed by atoms with Crippen molar-refractivity contribution in [1.82, 2.24) is 4.90 Å². The highest BCUT2D eigenvalue weighted by Gasteiger charge is 2.23. The van der Waals surface area contributed by atoms with Crippen LogP contribution < -0.4 is 4.74 Å². The third-order valence-electron chi connectivity index (χ3n) is 2.89. The number of hydrogen-bond donors (Lipinski definition) is 1. The van der Waals surface area contributed by atoms with Gasteiger partial charge in [0.15, 0.2) is 0 Å². The summed E-state index contributed by atoms with van der Waals surface area (Å²) in [6, 6.07) is 7.29. The number of hydrogen-bond acceptors (Lipinski definition) is 3. The summed E-state index contributed by atoms with van der Waals surface area (Å²) in [5.74, 6) is 0.0713. The summed E-state index contributed by atoms with van der Waals surface area (Å²) >= 11 is 0. The lowest BCUT2D eigenvalue weighted by Gasteiger charge is -2.23. The number of nitrogens with zero attached hydrogens (tertiary/aromatic N) is 1. The van der Waals surface area contributed by atoms with Crippen molar-refractivity contribution in [3.63, 3.8) is 0 Å². The van der Waals surface area contributed by atoms with E-state index in [9.17, 15) is 4.79 Å². The standard InChI is InChI=1S/C12H15NO3/c1-9(12(14)15)13-6-7-16-11-5-3-2-4-10(11)8-13/h2-5,9H,6-8H2,1H3,(H,14,15). The number of carboxylic acids is 1. The van der Waals surface area contributed by atoms with Gasteiger partial charge in [-0.15, -0.1) is 0 Å². The lowest BCUT2D eigenvalue weighted by molar-refractivity contribution is -0.142. The Balaban J connectivity index is 2.19. The van der Waals surface area contributed by atoms with Crippen molar-refractivity contribution < 1.29 is 14.6 Å². The number of ether oxygens (including phenoxy) is 1. The summed E-state index contributed by atoms with van der Waals surface area (Å²) in [4.78, 5) is 12.9. The van der Waals surface area contributed by atoms with Crippen molar-refractivity contribution in [1.29, 1.82) is 0 Å². The summed E-state index contributed by atoms with van der Waals surface area (Å²) < 4.78 is 5.57. The molecule has 4 nitrogen and oxygen atoms in total. The van der Waals surface area contributed by atoms with Crippen LogP contribution in [0.3, 0.4) is 0 Å². The van der Waals surface area contributed by atoms with Crippen LogP contribution in [-0.2, 0) is 11.3 Å². The van der Waals surface area contributed by atoms with Gasteiger partial charge in [-0.1, -0.05) is 18.2 Å². The predicted molar refractivity (Wildman–Crippen MR) is 59.4 cm³/mol. The number of para-hydroxylation sites is 1. The maximum atomic E-state index is 10.9. The van der Waals surface area contributed by atoms with Crippen molar-refractivity contribution in [3.8, 4) is 5.75 Å². The van der Waals surface area contributed by atoms with E-state index in [0.717, 1.165) is 11.3 Å². The van der Waals surface area contributed by atoms with Gasteiger partial charge in [0.2, 0.25) is 0 Å². The fourth-order valence-corrected chi connectivity index (χ4v) is 1.83. The average Bonchev–Trinajstić information content (AvgIpc) is 2.49. The van der Waals surface area contributed by atoms with Crippen molar-refractivity contribution in [2.45, 2.75) is 19.5 Å². The minimum Gasteiger partial charge on any atom is -0.492 e. The second-order valence-electron chi connectivity index (χ2n) is 3.94. The molecular formula is C12H15NO3. The van der Waals surface area contributed by atoms with E-state index in [0.29, 0.717) is 19.7 Å². The number of rotatable bonds is 2. The van der Waals surface area contributed by atoms with Crippen LogP contribution in [0.25, 0.3) is 0 Å². The zero-order valence-corrected chi connectivity index (χ0v) is 9.22. The lowest BCUT2D eigenvalue weighted by atomic mass is 10.1. The number of carbonyl (C=O) groups is 1. The molecule has 1 aliphatic heterocycles. The van der Waals surface area contributed by atoms with E-state index in [4.69, 9.17) is 9.84 Å². The highest BCUT2D eigenvalue weighted by Crippen LogP contribution is 2.23. The van der Waals surface area contributed by atoms with Crippen molar-refractivity contribution in [2.75, 3.05) is 13.2 Å². The Hall–Kier alpha value is -1.55. The fourth-order valence-electron chi connectivity index (χ4n) is 1.83. The maximum Gasteiger partial charge on any atom is 0.320 e. The monoisotopic (exact) mass is 221 g/mol.